The number of allylic oxidation sites excluding steroid dienone is 1. The summed E-state index contributed by atoms with van der Waals surface area (Å²) in [7, 11) is 0. The summed E-state index contributed by atoms with van der Waals surface area (Å²) in [6.45, 7) is 3.81. The number of amides is 1. The van der Waals surface area contributed by atoms with E-state index in [4.69, 9.17) is 0 Å². The Morgan fingerprint density at radius 1 is 1.50 bits per heavy atom. The van der Waals surface area contributed by atoms with E-state index in [2.05, 4.69) is 26.3 Å². The monoisotopic (exact) mass is 249 g/mol. The van der Waals surface area contributed by atoms with E-state index in [0.29, 0.717) is 11.4 Å². The van der Waals surface area contributed by atoms with Crippen LogP contribution in [0.2, 0.25) is 0 Å². The summed E-state index contributed by atoms with van der Waals surface area (Å²) < 4.78 is 4.58. The molecule has 0 saturated heterocycles. The molecule has 5 nitrogen and oxygen atoms in total. The number of aryl methyl sites for hydroxylation is 1. The molecule has 1 aromatic heterocycles. The van der Waals surface area contributed by atoms with Crippen molar-refractivity contribution in [3.8, 4) is 0 Å². The first-order chi connectivity index (χ1) is 8.66. The normalized spacial score (nSPS) is 17.1. The summed E-state index contributed by atoms with van der Waals surface area (Å²) in [6.07, 6.45) is 7.17. The Bertz CT molecular complexity index is 451. The molecule has 1 aliphatic carbocycles. The molecule has 0 aromatic carbocycles. The number of nitrogens with zero attached hydrogens (tertiary/aromatic N) is 2. The van der Waals surface area contributed by atoms with Crippen molar-refractivity contribution in [3.05, 3.63) is 23.0 Å². The molecule has 1 amide bonds. The highest BCUT2D eigenvalue weighted by Crippen LogP contribution is 2.20. The summed E-state index contributed by atoms with van der Waals surface area (Å²) in [5, 5.41) is 10.4. The molecule has 0 bridgehead atoms. The summed E-state index contributed by atoms with van der Waals surface area (Å²) >= 11 is 0. The fourth-order valence-corrected chi connectivity index (χ4v) is 2.20. The molecule has 1 aliphatic rings. The Morgan fingerprint density at radius 2 is 2.33 bits per heavy atom. The molecule has 1 N–H and O–H groups in total. The molecule has 0 fully saturated rings. The van der Waals surface area contributed by atoms with Gasteiger partial charge in [-0.05, 0) is 39.5 Å². The third-order valence-electron chi connectivity index (χ3n) is 3.33. The van der Waals surface area contributed by atoms with Gasteiger partial charge in [0.25, 0.3) is 0 Å². The van der Waals surface area contributed by atoms with Crippen LogP contribution < -0.4 is 5.32 Å². The molecule has 1 unspecified atom stereocenters. The van der Waals surface area contributed by atoms with E-state index in [1.54, 1.807) is 6.92 Å². The van der Waals surface area contributed by atoms with Gasteiger partial charge in [0.1, 0.15) is 11.4 Å². The molecule has 1 atom stereocenters. The third-order valence-corrected chi connectivity index (χ3v) is 3.33. The number of carbonyl (C=O) groups is 1. The molecule has 0 aliphatic heterocycles. The Kier molecular flexibility index (Phi) is 4.12. The lowest BCUT2D eigenvalue weighted by atomic mass is 9.94. The fourth-order valence-electron chi connectivity index (χ4n) is 2.20. The van der Waals surface area contributed by atoms with Gasteiger partial charge < -0.3 is 5.32 Å². The van der Waals surface area contributed by atoms with Crippen LogP contribution in [0.25, 0.3) is 0 Å². The summed E-state index contributed by atoms with van der Waals surface area (Å²) in [4.78, 5) is 11.9. The zero-order chi connectivity index (χ0) is 13.0. The van der Waals surface area contributed by atoms with Crippen molar-refractivity contribution in [3.63, 3.8) is 0 Å². The van der Waals surface area contributed by atoms with E-state index in [-0.39, 0.29) is 18.4 Å². The van der Waals surface area contributed by atoms with E-state index in [1.807, 2.05) is 6.92 Å². The Morgan fingerprint density at radius 3 is 2.94 bits per heavy atom. The molecule has 18 heavy (non-hydrogen) atoms. The smallest absolute Gasteiger partial charge is 0.226 e. The number of hydrogen-bond acceptors (Lipinski definition) is 4. The van der Waals surface area contributed by atoms with Crippen LogP contribution in [0.5, 0.6) is 0 Å². The van der Waals surface area contributed by atoms with Gasteiger partial charge in [0.05, 0.1) is 6.42 Å². The van der Waals surface area contributed by atoms with E-state index < -0.39 is 0 Å². The lowest BCUT2D eigenvalue weighted by Crippen LogP contribution is -2.35. The fraction of sp³-hybridized carbons (Fsp3) is 0.615. The molecular weight excluding hydrogens is 230 g/mol. The van der Waals surface area contributed by atoms with E-state index in [9.17, 15) is 4.79 Å². The van der Waals surface area contributed by atoms with Gasteiger partial charge in [-0.1, -0.05) is 22.0 Å². The highest BCUT2D eigenvalue weighted by Gasteiger charge is 2.16. The zero-order valence-corrected chi connectivity index (χ0v) is 10.9. The highest BCUT2D eigenvalue weighted by atomic mass is 16.6. The third kappa shape index (κ3) is 3.18. The predicted octanol–water partition coefficient (Wildman–Crippen LogP) is 1.93. The molecule has 1 heterocycles. The average molecular weight is 249 g/mol. The molecule has 5 heteroatoms. The van der Waals surface area contributed by atoms with Crippen LogP contribution in [0.15, 0.2) is 16.3 Å². The first-order valence-corrected chi connectivity index (χ1v) is 6.43. The first kappa shape index (κ1) is 12.8. The highest BCUT2D eigenvalue weighted by molar-refractivity contribution is 5.78. The van der Waals surface area contributed by atoms with Crippen molar-refractivity contribution in [2.45, 2.75) is 52.0 Å². The summed E-state index contributed by atoms with van der Waals surface area (Å²) in [5.74, 6) is -0.0345. The minimum Gasteiger partial charge on any atom is -0.350 e. The topological polar surface area (TPSA) is 68.0 Å². The van der Waals surface area contributed by atoms with Crippen molar-refractivity contribution in [2.24, 2.45) is 0 Å². The number of carbonyl (C=O) groups excluding carboxylic acids is 1. The Balaban J connectivity index is 1.87. The van der Waals surface area contributed by atoms with Crippen molar-refractivity contribution in [2.75, 3.05) is 0 Å². The van der Waals surface area contributed by atoms with Gasteiger partial charge in [-0.15, -0.1) is 0 Å². The van der Waals surface area contributed by atoms with Gasteiger partial charge in [-0.2, -0.15) is 0 Å². The van der Waals surface area contributed by atoms with Crippen molar-refractivity contribution < 1.29 is 9.42 Å². The lowest BCUT2D eigenvalue weighted by molar-refractivity contribution is -0.120. The van der Waals surface area contributed by atoms with Crippen LogP contribution in [0.4, 0.5) is 0 Å². The van der Waals surface area contributed by atoms with Gasteiger partial charge in [0.2, 0.25) is 5.91 Å². The maximum Gasteiger partial charge on any atom is 0.226 e. The zero-order valence-electron chi connectivity index (χ0n) is 10.9. The van der Waals surface area contributed by atoms with Crippen LogP contribution in [-0.2, 0) is 11.2 Å². The first-order valence-electron chi connectivity index (χ1n) is 6.43. The van der Waals surface area contributed by atoms with Gasteiger partial charge in [0.15, 0.2) is 0 Å². The maximum atomic E-state index is 11.9. The van der Waals surface area contributed by atoms with Crippen molar-refractivity contribution >= 4 is 5.91 Å². The SMILES string of the molecule is Cc1nonc1CC(=O)NC(C)C1=CCCCC1. The second kappa shape index (κ2) is 5.80. The standard InChI is InChI=1S/C13H19N3O2/c1-9(11-6-4-3-5-7-11)14-13(17)8-12-10(2)15-18-16-12/h6,9H,3-5,7-8H2,1-2H3,(H,14,17). The average Bonchev–Trinajstić information content (AvgIpc) is 2.76. The minimum absolute atomic E-state index is 0.0345. The van der Waals surface area contributed by atoms with E-state index in [1.165, 1.54) is 18.4 Å². The van der Waals surface area contributed by atoms with Gasteiger partial charge in [-0.25, -0.2) is 4.63 Å². The Hall–Kier alpha value is -1.65. The second-order valence-electron chi connectivity index (χ2n) is 4.79. The van der Waals surface area contributed by atoms with Crippen molar-refractivity contribution in [1.82, 2.24) is 15.6 Å². The molecule has 0 saturated carbocycles. The number of aromatic nitrogens is 2. The van der Waals surface area contributed by atoms with E-state index in [0.717, 1.165) is 12.8 Å². The van der Waals surface area contributed by atoms with E-state index >= 15 is 0 Å². The number of hydrogen-bond donors (Lipinski definition) is 1. The molecule has 98 valence electrons. The van der Waals surface area contributed by atoms with Crippen molar-refractivity contribution in [1.29, 1.82) is 0 Å². The molecule has 0 radical (unpaired) electrons. The van der Waals surface area contributed by atoms with Gasteiger partial charge >= 0.3 is 0 Å². The lowest BCUT2D eigenvalue weighted by Gasteiger charge is -2.20. The van der Waals surface area contributed by atoms with Crippen LogP contribution in [0.1, 0.15) is 44.0 Å². The molecular formula is C13H19N3O2. The molecule has 0 spiro atoms. The molecule has 1 aromatic rings. The van der Waals surface area contributed by atoms with Gasteiger partial charge in [-0.3, -0.25) is 4.79 Å². The molecule has 2 rings (SSSR count). The minimum atomic E-state index is -0.0345. The van der Waals surface area contributed by atoms with Gasteiger partial charge in [0, 0.05) is 6.04 Å². The van der Waals surface area contributed by atoms with Crippen LogP contribution in [0.3, 0.4) is 0 Å². The second-order valence-corrected chi connectivity index (χ2v) is 4.79. The quantitative estimate of drug-likeness (QED) is 0.828. The maximum absolute atomic E-state index is 11.9. The largest absolute Gasteiger partial charge is 0.350 e. The predicted molar refractivity (Wildman–Crippen MR) is 66.9 cm³/mol. The van der Waals surface area contributed by atoms with Crippen LogP contribution in [-0.4, -0.2) is 22.3 Å². The summed E-state index contributed by atoms with van der Waals surface area (Å²) in [6, 6.07) is 0.109. The van der Waals surface area contributed by atoms with Crippen LogP contribution >= 0.6 is 0 Å². The number of rotatable bonds is 4. The van der Waals surface area contributed by atoms with Crippen LogP contribution in [0, 0.1) is 6.92 Å². The summed E-state index contributed by atoms with van der Waals surface area (Å²) in [5.41, 5.74) is 2.62. The Labute approximate surface area is 107 Å². The number of nitrogens with one attached hydrogen (secondary N) is 1.